The maximum atomic E-state index is 12.5. The molecule has 104 valence electrons. The highest BCUT2D eigenvalue weighted by molar-refractivity contribution is 5.98. The summed E-state index contributed by atoms with van der Waals surface area (Å²) >= 11 is 0. The van der Waals surface area contributed by atoms with Gasteiger partial charge in [0.05, 0.1) is 12.7 Å². The highest BCUT2D eigenvalue weighted by atomic mass is 16.5. The van der Waals surface area contributed by atoms with Crippen molar-refractivity contribution in [3.63, 3.8) is 0 Å². The highest BCUT2D eigenvalue weighted by Crippen LogP contribution is 2.30. The van der Waals surface area contributed by atoms with Crippen molar-refractivity contribution >= 4 is 5.91 Å². The van der Waals surface area contributed by atoms with Gasteiger partial charge in [-0.1, -0.05) is 6.07 Å². The van der Waals surface area contributed by atoms with Crippen LogP contribution in [0.15, 0.2) is 18.2 Å². The number of aromatic hydroxyl groups is 1. The Morgan fingerprint density at radius 2 is 2.21 bits per heavy atom. The van der Waals surface area contributed by atoms with Gasteiger partial charge in [-0.3, -0.25) is 4.79 Å². The number of ether oxygens (including phenoxy) is 1. The molecule has 1 aliphatic heterocycles. The number of rotatable bonds is 2. The van der Waals surface area contributed by atoms with Crippen LogP contribution in [0.1, 0.15) is 24.2 Å². The van der Waals surface area contributed by atoms with Gasteiger partial charge in [0.2, 0.25) is 0 Å². The Hall–Kier alpha value is -1.75. The molecule has 1 saturated heterocycles. The van der Waals surface area contributed by atoms with Crippen molar-refractivity contribution in [2.45, 2.75) is 25.9 Å². The number of amides is 1. The Balaban J connectivity index is 2.28. The minimum absolute atomic E-state index is 0.0895. The summed E-state index contributed by atoms with van der Waals surface area (Å²) in [5.74, 6) is 0.0762. The predicted molar refractivity (Wildman–Crippen MR) is 72.6 cm³/mol. The van der Waals surface area contributed by atoms with E-state index in [-0.39, 0.29) is 23.7 Å². The molecular weight excluding hydrogens is 244 g/mol. The van der Waals surface area contributed by atoms with Gasteiger partial charge in [0.1, 0.15) is 0 Å². The summed E-state index contributed by atoms with van der Waals surface area (Å²) in [7, 11) is 1.47. The molecule has 1 heterocycles. The summed E-state index contributed by atoms with van der Waals surface area (Å²) in [6.07, 6.45) is 0. The molecule has 1 aliphatic rings. The van der Waals surface area contributed by atoms with Crippen molar-refractivity contribution in [3.8, 4) is 11.5 Å². The normalized spacial score (nSPS) is 23.2. The minimum Gasteiger partial charge on any atom is -0.504 e. The molecule has 2 atom stereocenters. The van der Waals surface area contributed by atoms with Crippen molar-refractivity contribution < 1.29 is 14.6 Å². The SMILES string of the molecule is COc1cccc(C(=O)N2CC(C)NCC2C)c1O. The quantitative estimate of drug-likeness (QED) is 0.843. The second-order valence-corrected chi connectivity index (χ2v) is 4.97. The van der Waals surface area contributed by atoms with Gasteiger partial charge >= 0.3 is 0 Å². The minimum atomic E-state index is -0.155. The number of nitrogens with one attached hydrogen (secondary N) is 1. The zero-order valence-corrected chi connectivity index (χ0v) is 11.5. The van der Waals surface area contributed by atoms with Gasteiger partial charge in [-0.15, -0.1) is 0 Å². The molecule has 1 aromatic rings. The number of carbonyl (C=O) groups is 1. The first-order chi connectivity index (χ1) is 9.04. The third-order valence-corrected chi connectivity index (χ3v) is 3.47. The predicted octanol–water partition coefficient (Wildman–Crippen LogP) is 1.22. The molecule has 2 rings (SSSR count). The molecule has 1 aromatic carbocycles. The molecule has 2 N–H and O–H groups in total. The van der Waals surface area contributed by atoms with Gasteiger partial charge in [-0.2, -0.15) is 0 Å². The van der Waals surface area contributed by atoms with Crippen molar-refractivity contribution in [2.75, 3.05) is 20.2 Å². The van der Waals surface area contributed by atoms with Crippen molar-refractivity contribution in [1.82, 2.24) is 10.2 Å². The Morgan fingerprint density at radius 3 is 2.89 bits per heavy atom. The van der Waals surface area contributed by atoms with E-state index in [1.807, 2.05) is 13.8 Å². The number of piperazine rings is 1. The summed E-state index contributed by atoms with van der Waals surface area (Å²) in [6.45, 7) is 5.43. The molecule has 19 heavy (non-hydrogen) atoms. The molecule has 0 spiro atoms. The van der Waals surface area contributed by atoms with Crippen LogP contribution in [0.3, 0.4) is 0 Å². The van der Waals surface area contributed by atoms with Crippen LogP contribution in [0.25, 0.3) is 0 Å². The van der Waals surface area contributed by atoms with Crippen LogP contribution in [-0.2, 0) is 0 Å². The van der Waals surface area contributed by atoms with Crippen LogP contribution >= 0.6 is 0 Å². The van der Waals surface area contributed by atoms with E-state index in [2.05, 4.69) is 5.32 Å². The zero-order chi connectivity index (χ0) is 14.0. The van der Waals surface area contributed by atoms with Gasteiger partial charge < -0.3 is 20.1 Å². The molecule has 0 aromatic heterocycles. The average Bonchev–Trinajstić information content (AvgIpc) is 2.41. The average molecular weight is 264 g/mol. The lowest BCUT2D eigenvalue weighted by Gasteiger charge is -2.37. The molecule has 0 aliphatic carbocycles. The number of phenolic OH excluding ortho intramolecular Hbond substituents is 1. The number of hydrogen-bond donors (Lipinski definition) is 2. The molecule has 1 amide bonds. The van der Waals surface area contributed by atoms with E-state index in [0.717, 1.165) is 6.54 Å². The van der Waals surface area contributed by atoms with Crippen molar-refractivity contribution in [2.24, 2.45) is 0 Å². The second-order valence-electron chi connectivity index (χ2n) is 4.97. The first-order valence-electron chi connectivity index (χ1n) is 6.45. The first-order valence-corrected chi connectivity index (χ1v) is 6.45. The summed E-state index contributed by atoms with van der Waals surface area (Å²) in [5.41, 5.74) is 0.292. The number of phenols is 1. The zero-order valence-electron chi connectivity index (χ0n) is 11.5. The third-order valence-electron chi connectivity index (χ3n) is 3.47. The Morgan fingerprint density at radius 1 is 1.47 bits per heavy atom. The Bertz CT molecular complexity index is 476. The smallest absolute Gasteiger partial charge is 0.258 e. The van der Waals surface area contributed by atoms with E-state index in [9.17, 15) is 9.90 Å². The number of nitrogens with zero attached hydrogens (tertiary/aromatic N) is 1. The summed E-state index contributed by atoms with van der Waals surface area (Å²) < 4.78 is 5.04. The van der Waals surface area contributed by atoms with E-state index in [1.165, 1.54) is 7.11 Å². The molecule has 1 fully saturated rings. The van der Waals surface area contributed by atoms with Crippen LogP contribution in [0.2, 0.25) is 0 Å². The lowest BCUT2D eigenvalue weighted by Crippen LogP contribution is -2.56. The number of carbonyl (C=O) groups excluding carboxylic acids is 1. The fraction of sp³-hybridized carbons (Fsp3) is 0.500. The number of hydrogen-bond acceptors (Lipinski definition) is 4. The lowest BCUT2D eigenvalue weighted by atomic mass is 10.1. The lowest BCUT2D eigenvalue weighted by molar-refractivity contribution is 0.0612. The van der Waals surface area contributed by atoms with Gasteiger partial charge in [0.25, 0.3) is 5.91 Å². The summed E-state index contributed by atoms with van der Waals surface area (Å²) in [5, 5.41) is 13.4. The first kappa shape index (κ1) is 13.7. The molecule has 0 saturated carbocycles. The molecule has 2 unspecified atom stereocenters. The van der Waals surface area contributed by atoms with Crippen molar-refractivity contribution in [3.05, 3.63) is 23.8 Å². The van der Waals surface area contributed by atoms with Gasteiger partial charge in [0.15, 0.2) is 11.5 Å². The maximum Gasteiger partial charge on any atom is 0.258 e. The van der Waals surface area contributed by atoms with Gasteiger partial charge in [0, 0.05) is 25.2 Å². The molecule has 5 heteroatoms. The summed E-state index contributed by atoms with van der Waals surface area (Å²) in [4.78, 5) is 14.3. The van der Waals surface area contributed by atoms with Crippen LogP contribution in [0.5, 0.6) is 11.5 Å². The highest BCUT2D eigenvalue weighted by Gasteiger charge is 2.29. The van der Waals surface area contributed by atoms with Gasteiger partial charge in [-0.05, 0) is 26.0 Å². The molecule has 5 nitrogen and oxygen atoms in total. The van der Waals surface area contributed by atoms with E-state index in [1.54, 1.807) is 23.1 Å². The Labute approximate surface area is 113 Å². The Kier molecular flexibility index (Phi) is 3.95. The number of benzene rings is 1. The molecular formula is C14H20N2O3. The monoisotopic (exact) mass is 264 g/mol. The summed E-state index contributed by atoms with van der Waals surface area (Å²) in [6, 6.07) is 5.33. The fourth-order valence-corrected chi connectivity index (χ4v) is 2.32. The van der Waals surface area contributed by atoms with E-state index < -0.39 is 0 Å². The standard InChI is InChI=1S/C14H20N2O3/c1-9-8-16(10(2)7-15-9)14(18)11-5-4-6-12(19-3)13(11)17/h4-6,9-10,15,17H,7-8H2,1-3H3. The van der Waals surface area contributed by atoms with Crippen molar-refractivity contribution in [1.29, 1.82) is 0 Å². The second kappa shape index (κ2) is 5.48. The topological polar surface area (TPSA) is 61.8 Å². The molecule has 0 bridgehead atoms. The number of para-hydroxylation sites is 1. The van der Waals surface area contributed by atoms with Crippen LogP contribution in [-0.4, -0.2) is 48.2 Å². The number of methoxy groups -OCH3 is 1. The third kappa shape index (κ3) is 2.66. The molecule has 0 radical (unpaired) electrons. The van der Waals surface area contributed by atoms with Crippen LogP contribution in [0.4, 0.5) is 0 Å². The maximum absolute atomic E-state index is 12.5. The largest absolute Gasteiger partial charge is 0.504 e. The van der Waals surface area contributed by atoms with Crippen LogP contribution in [0, 0.1) is 0 Å². The van der Waals surface area contributed by atoms with E-state index >= 15 is 0 Å². The van der Waals surface area contributed by atoms with E-state index in [4.69, 9.17) is 4.74 Å². The van der Waals surface area contributed by atoms with Gasteiger partial charge in [-0.25, -0.2) is 0 Å². The van der Waals surface area contributed by atoms with E-state index in [0.29, 0.717) is 17.9 Å². The fourth-order valence-electron chi connectivity index (χ4n) is 2.32. The van der Waals surface area contributed by atoms with Crippen LogP contribution < -0.4 is 10.1 Å².